The number of likely N-dealkylation sites (tertiary alicyclic amines) is 1. The molecule has 1 fully saturated rings. The van der Waals surface area contributed by atoms with Crippen LogP contribution in [0, 0.1) is 0 Å². The number of rotatable bonds is 7. The number of para-hydroxylation sites is 3. The molecule has 6 heteroatoms. The van der Waals surface area contributed by atoms with Gasteiger partial charge in [-0.15, -0.1) is 0 Å². The first-order valence-electron chi connectivity index (χ1n) is 10.3. The third-order valence-corrected chi connectivity index (χ3v) is 5.34. The number of aromatic nitrogens is 2. The highest BCUT2D eigenvalue weighted by atomic mass is 16.2. The number of nitrogens with one attached hydrogen (secondary N) is 1. The van der Waals surface area contributed by atoms with Crippen molar-refractivity contribution in [2.75, 3.05) is 19.6 Å². The molecule has 1 N–H and O–H groups in total. The van der Waals surface area contributed by atoms with Gasteiger partial charge in [-0.05, 0) is 37.1 Å². The predicted octanol–water partition coefficient (Wildman–Crippen LogP) is 3.09. The summed E-state index contributed by atoms with van der Waals surface area (Å²) >= 11 is 0. The lowest BCUT2D eigenvalue weighted by atomic mass is 10.2. The van der Waals surface area contributed by atoms with Crippen LogP contribution in [0.25, 0.3) is 16.7 Å². The summed E-state index contributed by atoms with van der Waals surface area (Å²) in [5.41, 5.74) is 2.99. The van der Waals surface area contributed by atoms with Crippen LogP contribution in [0.1, 0.15) is 31.5 Å². The summed E-state index contributed by atoms with van der Waals surface area (Å²) in [6.45, 7) is 2.09. The second kappa shape index (κ2) is 8.90. The van der Waals surface area contributed by atoms with E-state index >= 15 is 0 Å². The van der Waals surface area contributed by atoms with Crippen LogP contribution in [0.15, 0.2) is 54.6 Å². The van der Waals surface area contributed by atoms with Crippen molar-refractivity contribution in [1.29, 1.82) is 0 Å². The Morgan fingerprint density at radius 1 is 0.931 bits per heavy atom. The van der Waals surface area contributed by atoms with Gasteiger partial charge in [-0.1, -0.05) is 30.3 Å². The highest BCUT2D eigenvalue weighted by molar-refractivity contribution is 5.80. The number of benzene rings is 2. The van der Waals surface area contributed by atoms with Gasteiger partial charge < -0.3 is 10.2 Å². The molecular formula is C23H26N4O2. The fraction of sp³-hybridized carbons (Fsp3) is 0.348. The van der Waals surface area contributed by atoms with E-state index in [1.165, 1.54) is 0 Å². The van der Waals surface area contributed by atoms with Crippen molar-refractivity contribution in [2.24, 2.45) is 0 Å². The van der Waals surface area contributed by atoms with Crippen LogP contribution in [-0.2, 0) is 16.0 Å². The molecule has 2 amide bonds. The molecule has 6 nitrogen and oxygen atoms in total. The maximum Gasteiger partial charge on any atom is 0.224 e. The van der Waals surface area contributed by atoms with Crippen LogP contribution in [0.3, 0.4) is 0 Å². The minimum Gasteiger partial charge on any atom is -0.356 e. The highest BCUT2D eigenvalue weighted by Crippen LogP contribution is 2.22. The number of nitrogens with zero attached hydrogens (tertiary/aromatic N) is 3. The van der Waals surface area contributed by atoms with Gasteiger partial charge in [-0.25, -0.2) is 4.98 Å². The van der Waals surface area contributed by atoms with Crippen LogP contribution in [0.4, 0.5) is 0 Å². The van der Waals surface area contributed by atoms with Gasteiger partial charge in [0, 0.05) is 44.6 Å². The zero-order chi connectivity index (χ0) is 20.1. The van der Waals surface area contributed by atoms with E-state index in [0.29, 0.717) is 25.8 Å². The molecule has 2 heterocycles. The molecule has 0 aliphatic carbocycles. The van der Waals surface area contributed by atoms with Crippen molar-refractivity contribution < 1.29 is 9.59 Å². The quantitative estimate of drug-likeness (QED) is 0.674. The van der Waals surface area contributed by atoms with E-state index in [9.17, 15) is 9.59 Å². The molecule has 4 rings (SSSR count). The van der Waals surface area contributed by atoms with Crippen LogP contribution in [0.5, 0.6) is 0 Å². The molecule has 0 radical (unpaired) electrons. The molecule has 1 aliphatic rings. The molecule has 0 atom stereocenters. The number of amides is 2. The van der Waals surface area contributed by atoms with Crippen molar-refractivity contribution in [3.05, 3.63) is 60.4 Å². The topological polar surface area (TPSA) is 67.2 Å². The minimum absolute atomic E-state index is 0.0501. The summed E-state index contributed by atoms with van der Waals surface area (Å²) in [7, 11) is 0. The van der Waals surface area contributed by atoms with Crippen LogP contribution >= 0.6 is 0 Å². The van der Waals surface area contributed by atoms with E-state index in [1.807, 2.05) is 59.5 Å². The number of hydrogen-bond acceptors (Lipinski definition) is 3. The van der Waals surface area contributed by atoms with Crippen LogP contribution in [-0.4, -0.2) is 45.9 Å². The zero-order valence-corrected chi connectivity index (χ0v) is 16.5. The molecule has 0 spiro atoms. The monoisotopic (exact) mass is 390 g/mol. The van der Waals surface area contributed by atoms with Crippen molar-refractivity contribution in [2.45, 2.75) is 32.1 Å². The number of carbonyl (C=O) groups is 2. The van der Waals surface area contributed by atoms with Gasteiger partial charge in [0.2, 0.25) is 11.8 Å². The molecule has 0 unspecified atom stereocenters. The zero-order valence-electron chi connectivity index (χ0n) is 16.5. The summed E-state index contributed by atoms with van der Waals surface area (Å²) in [4.78, 5) is 31.0. The van der Waals surface area contributed by atoms with Gasteiger partial charge >= 0.3 is 0 Å². The molecular weight excluding hydrogens is 364 g/mol. The van der Waals surface area contributed by atoms with Crippen molar-refractivity contribution in [3.63, 3.8) is 0 Å². The standard InChI is InChI=1S/C23H26N4O2/c28-22(24-15-14-23(29)26-16-6-7-17-26)13-12-21-25-19-10-4-5-11-20(19)27(21)18-8-2-1-3-9-18/h1-5,8-11H,6-7,12-17H2,(H,24,28). The maximum absolute atomic E-state index is 12.3. The number of carbonyl (C=O) groups excluding carboxylic acids is 2. The summed E-state index contributed by atoms with van der Waals surface area (Å²) < 4.78 is 2.11. The fourth-order valence-electron chi connectivity index (χ4n) is 3.86. The molecule has 3 aromatic rings. The summed E-state index contributed by atoms with van der Waals surface area (Å²) in [6.07, 6.45) is 3.42. The maximum atomic E-state index is 12.3. The fourth-order valence-corrected chi connectivity index (χ4v) is 3.86. The third-order valence-electron chi connectivity index (χ3n) is 5.34. The Hall–Kier alpha value is -3.15. The molecule has 0 bridgehead atoms. The van der Waals surface area contributed by atoms with Crippen molar-refractivity contribution in [1.82, 2.24) is 19.8 Å². The van der Waals surface area contributed by atoms with Crippen molar-refractivity contribution in [3.8, 4) is 5.69 Å². The Morgan fingerprint density at radius 2 is 1.66 bits per heavy atom. The number of imidazole rings is 1. The average Bonchev–Trinajstić information content (AvgIpc) is 3.41. The Morgan fingerprint density at radius 3 is 2.45 bits per heavy atom. The van der Waals surface area contributed by atoms with Gasteiger partial charge in [-0.3, -0.25) is 14.2 Å². The first kappa shape index (κ1) is 19.2. The lowest BCUT2D eigenvalue weighted by Gasteiger charge is -2.15. The molecule has 2 aromatic carbocycles. The third kappa shape index (κ3) is 4.47. The first-order valence-corrected chi connectivity index (χ1v) is 10.3. The second-order valence-corrected chi connectivity index (χ2v) is 7.38. The van der Waals surface area contributed by atoms with Gasteiger partial charge in [0.15, 0.2) is 0 Å². The first-order chi connectivity index (χ1) is 14.2. The van der Waals surface area contributed by atoms with Crippen LogP contribution in [0.2, 0.25) is 0 Å². The minimum atomic E-state index is -0.0501. The molecule has 29 heavy (non-hydrogen) atoms. The Bertz CT molecular complexity index is 991. The van der Waals surface area contributed by atoms with Crippen molar-refractivity contribution >= 4 is 22.8 Å². The van der Waals surface area contributed by atoms with Crippen LogP contribution < -0.4 is 5.32 Å². The van der Waals surface area contributed by atoms with E-state index in [1.54, 1.807) is 0 Å². The summed E-state index contributed by atoms with van der Waals surface area (Å²) in [6, 6.07) is 18.1. The predicted molar refractivity (Wildman–Crippen MR) is 113 cm³/mol. The number of hydrogen-bond donors (Lipinski definition) is 1. The summed E-state index contributed by atoms with van der Waals surface area (Å²) in [5, 5.41) is 2.88. The smallest absolute Gasteiger partial charge is 0.224 e. The number of aryl methyl sites for hydroxylation is 1. The lowest BCUT2D eigenvalue weighted by Crippen LogP contribution is -2.32. The summed E-state index contributed by atoms with van der Waals surface area (Å²) in [5.74, 6) is 0.945. The normalized spacial score (nSPS) is 13.7. The van der Waals surface area contributed by atoms with Gasteiger partial charge in [-0.2, -0.15) is 0 Å². The largest absolute Gasteiger partial charge is 0.356 e. The van der Waals surface area contributed by atoms with E-state index in [4.69, 9.17) is 4.98 Å². The molecule has 1 aliphatic heterocycles. The molecule has 0 saturated carbocycles. The lowest BCUT2D eigenvalue weighted by molar-refractivity contribution is -0.130. The second-order valence-electron chi connectivity index (χ2n) is 7.38. The van der Waals surface area contributed by atoms with E-state index in [0.717, 1.165) is 48.5 Å². The Kier molecular flexibility index (Phi) is 5.89. The Balaban J connectivity index is 1.38. The van der Waals surface area contributed by atoms with Gasteiger partial charge in [0.05, 0.1) is 11.0 Å². The Labute approximate surface area is 170 Å². The molecule has 1 saturated heterocycles. The number of fused-ring (bicyclic) bond motifs is 1. The highest BCUT2D eigenvalue weighted by Gasteiger charge is 2.18. The van der Waals surface area contributed by atoms with E-state index < -0.39 is 0 Å². The molecule has 150 valence electrons. The van der Waals surface area contributed by atoms with Gasteiger partial charge in [0.1, 0.15) is 5.82 Å². The SMILES string of the molecule is O=C(CCc1nc2ccccc2n1-c1ccccc1)NCCC(=O)N1CCCC1. The van der Waals surface area contributed by atoms with Gasteiger partial charge in [0.25, 0.3) is 0 Å². The van der Waals surface area contributed by atoms with E-state index in [-0.39, 0.29) is 11.8 Å². The average molecular weight is 390 g/mol. The molecule has 1 aromatic heterocycles. The van der Waals surface area contributed by atoms with E-state index in [2.05, 4.69) is 9.88 Å².